The molecule has 0 saturated carbocycles. The number of halogens is 1. The van der Waals surface area contributed by atoms with Crippen molar-refractivity contribution in [2.75, 3.05) is 19.4 Å². The second kappa shape index (κ2) is 10.0. The number of hydrogen-bond donors (Lipinski definition) is 3. The van der Waals surface area contributed by atoms with E-state index in [-0.39, 0.29) is 18.1 Å². The second-order valence-corrected chi connectivity index (χ2v) is 3.57. The van der Waals surface area contributed by atoms with Crippen molar-refractivity contribution in [1.29, 1.82) is 0 Å². The fourth-order valence-electron chi connectivity index (χ4n) is 1.46. The van der Waals surface area contributed by atoms with E-state index >= 15 is 0 Å². The predicted molar refractivity (Wildman–Crippen MR) is 73.3 cm³/mol. The number of nitrogens with one attached hydrogen (secondary N) is 2. The first kappa shape index (κ1) is 17.1. The lowest BCUT2D eigenvalue weighted by atomic mass is 10.1. The van der Waals surface area contributed by atoms with Crippen LogP contribution in [0.5, 0.6) is 0 Å². The minimum absolute atomic E-state index is 0.226. The van der Waals surface area contributed by atoms with Gasteiger partial charge in [-0.05, 0) is 31.7 Å². The van der Waals surface area contributed by atoms with Crippen molar-refractivity contribution in [3.8, 4) is 0 Å². The third-order valence-electron chi connectivity index (χ3n) is 2.30. The summed E-state index contributed by atoms with van der Waals surface area (Å²) in [6, 6.07) is 5.31. The van der Waals surface area contributed by atoms with Crippen molar-refractivity contribution in [1.82, 2.24) is 5.32 Å². The molecule has 1 amide bonds. The van der Waals surface area contributed by atoms with Crippen LogP contribution >= 0.6 is 0 Å². The van der Waals surface area contributed by atoms with Crippen LogP contribution in [0.2, 0.25) is 0 Å². The summed E-state index contributed by atoms with van der Waals surface area (Å²) in [5.74, 6) is -0.600. The highest BCUT2D eigenvalue weighted by atomic mass is 19.1. The van der Waals surface area contributed by atoms with Gasteiger partial charge < -0.3 is 21.2 Å². The summed E-state index contributed by atoms with van der Waals surface area (Å²) in [7, 11) is 3.02. The van der Waals surface area contributed by atoms with Gasteiger partial charge in [0.25, 0.3) is 0 Å². The molecule has 0 spiro atoms. The zero-order valence-corrected chi connectivity index (χ0v) is 11.2. The van der Waals surface area contributed by atoms with E-state index in [1.54, 1.807) is 12.1 Å². The summed E-state index contributed by atoms with van der Waals surface area (Å²) < 4.78 is 13.0. The maximum atomic E-state index is 13.0. The Kier molecular flexibility index (Phi) is 8.99. The number of rotatable bonds is 6. The highest BCUT2D eigenvalue weighted by Gasteiger charge is 2.16. The molecular formula is C13H20FN3O2. The van der Waals surface area contributed by atoms with Gasteiger partial charge in [0.2, 0.25) is 5.91 Å². The summed E-state index contributed by atoms with van der Waals surface area (Å²) in [4.78, 5) is 21.8. The number of benzene rings is 1. The van der Waals surface area contributed by atoms with E-state index in [2.05, 4.69) is 16.4 Å². The Hall–Kier alpha value is -1.95. The molecule has 0 radical (unpaired) electrons. The van der Waals surface area contributed by atoms with Crippen LogP contribution in [0.4, 0.5) is 10.1 Å². The molecule has 5 nitrogen and oxygen atoms in total. The Balaban J connectivity index is 0.00000154. The minimum atomic E-state index is -0.535. The molecule has 0 aliphatic rings. The highest BCUT2D eigenvalue weighted by molar-refractivity contribution is 5.84. The molecule has 4 N–H and O–H groups in total. The number of anilines is 1. The normalized spacial score (nSPS) is 10.7. The highest BCUT2D eigenvalue weighted by Crippen LogP contribution is 2.12. The zero-order valence-electron chi connectivity index (χ0n) is 11.2. The smallest absolute Gasteiger partial charge is 0.242 e. The second-order valence-electron chi connectivity index (χ2n) is 3.57. The maximum absolute atomic E-state index is 13.0. The van der Waals surface area contributed by atoms with Gasteiger partial charge in [-0.1, -0.05) is 6.07 Å². The molecule has 106 valence electrons. The first-order chi connectivity index (χ1) is 9.17. The fraction of sp³-hybridized carbons (Fsp3) is 0.385. The molecule has 1 aromatic carbocycles. The van der Waals surface area contributed by atoms with Crippen LogP contribution in [-0.4, -0.2) is 32.3 Å². The number of carbonyl (C=O) groups excluding carboxylic acids is 2. The molecular weight excluding hydrogens is 249 g/mol. The van der Waals surface area contributed by atoms with Crippen LogP contribution in [0.25, 0.3) is 0 Å². The molecule has 1 aromatic rings. The van der Waals surface area contributed by atoms with Crippen molar-refractivity contribution in [3.05, 3.63) is 30.1 Å². The predicted octanol–water partition coefficient (Wildman–Crippen LogP) is 0.906. The van der Waals surface area contributed by atoms with Gasteiger partial charge in [-0.3, -0.25) is 4.79 Å². The van der Waals surface area contributed by atoms with E-state index in [0.29, 0.717) is 12.1 Å². The Morgan fingerprint density at radius 1 is 1.47 bits per heavy atom. The molecule has 0 bridgehead atoms. The standard InChI is InChI=1S/C12H15FN2O2.CH5N/c1-14-12(17)11(6-3-7-16)15-10-5-2-4-9(13)8-10;1-2/h2,4-5,7-8,11,15H,3,6H2,1H3,(H,14,17);2H2,1H3. The third kappa shape index (κ3) is 6.52. The van der Waals surface area contributed by atoms with Gasteiger partial charge in [-0.25, -0.2) is 4.39 Å². The number of likely N-dealkylation sites (N-methyl/N-ethyl adjacent to an activating group) is 1. The van der Waals surface area contributed by atoms with Crippen molar-refractivity contribution in [3.63, 3.8) is 0 Å². The van der Waals surface area contributed by atoms with E-state index in [9.17, 15) is 14.0 Å². The Labute approximate surface area is 112 Å². The Bertz CT molecular complexity index is 399. The van der Waals surface area contributed by atoms with Gasteiger partial charge in [-0.2, -0.15) is 0 Å². The average molecular weight is 269 g/mol. The summed E-state index contributed by atoms with van der Waals surface area (Å²) in [6.45, 7) is 0. The third-order valence-corrected chi connectivity index (χ3v) is 2.30. The lowest BCUT2D eigenvalue weighted by Gasteiger charge is -2.17. The van der Waals surface area contributed by atoms with Gasteiger partial charge in [0.1, 0.15) is 18.1 Å². The molecule has 0 fully saturated rings. The molecule has 19 heavy (non-hydrogen) atoms. The lowest BCUT2D eigenvalue weighted by molar-refractivity contribution is -0.121. The summed E-state index contributed by atoms with van der Waals surface area (Å²) in [5, 5.41) is 5.39. The zero-order chi connectivity index (χ0) is 14.7. The van der Waals surface area contributed by atoms with E-state index < -0.39 is 6.04 Å². The maximum Gasteiger partial charge on any atom is 0.242 e. The van der Waals surface area contributed by atoms with Gasteiger partial charge in [-0.15, -0.1) is 0 Å². The van der Waals surface area contributed by atoms with Crippen LogP contribution < -0.4 is 16.4 Å². The molecule has 6 heteroatoms. The molecule has 0 aliphatic carbocycles. The van der Waals surface area contributed by atoms with Gasteiger partial charge >= 0.3 is 0 Å². The molecule has 0 heterocycles. The largest absolute Gasteiger partial charge is 0.374 e. The molecule has 0 saturated heterocycles. The van der Waals surface area contributed by atoms with Crippen molar-refractivity contribution < 1.29 is 14.0 Å². The number of hydrogen-bond acceptors (Lipinski definition) is 4. The van der Waals surface area contributed by atoms with E-state index in [1.165, 1.54) is 26.2 Å². The average Bonchev–Trinajstić information content (AvgIpc) is 2.44. The van der Waals surface area contributed by atoms with Crippen LogP contribution in [0.15, 0.2) is 24.3 Å². The molecule has 0 aromatic heterocycles. The topological polar surface area (TPSA) is 84.2 Å². The Morgan fingerprint density at radius 2 is 2.16 bits per heavy atom. The first-order valence-corrected chi connectivity index (χ1v) is 5.92. The van der Waals surface area contributed by atoms with Gasteiger partial charge in [0.05, 0.1) is 0 Å². The van der Waals surface area contributed by atoms with Crippen molar-refractivity contribution in [2.45, 2.75) is 18.9 Å². The van der Waals surface area contributed by atoms with Crippen molar-refractivity contribution >= 4 is 17.9 Å². The quantitative estimate of drug-likeness (QED) is 0.670. The van der Waals surface area contributed by atoms with Crippen LogP contribution in [-0.2, 0) is 9.59 Å². The SMILES string of the molecule is CN.CNC(=O)C(CCC=O)Nc1cccc(F)c1. The number of aldehydes is 1. The van der Waals surface area contributed by atoms with Crippen molar-refractivity contribution in [2.24, 2.45) is 5.73 Å². The fourth-order valence-corrected chi connectivity index (χ4v) is 1.46. The number of amides is 1. The number of carbonyl (C=O) groups is 2. The van der Waals surface area contributed by atoms with E-state index in [1.807, 2.05) is 0 Å². The lowest BCUT2D eigenvalue weighted by Crippen LogP contribution is -2.37. The van der Waals surface area contributed by atoms with E-state index in [0.717, 1.165) is 6.29 Å². The molecule has 0 aliphatic heterocycles. The van der Waals surface area contributed by atoms with Gasteiger partial charge in [0.15, 0.2) is 0 Å². The van der Waals surface area contributed by atoms with Gasteiger partial charge in [0, 0.05) is 19.2 Å². The van der Waals surface area contributed by atoms with E-state index in [4.69, 9.17) is 0 Å². The van der Waals surface area contributed by atoms with Crippen LogP contribution in [0.3, 0.4) is 0 Å². The first-order valence-electron chi connectivity index (χ1n) is 5.92. The molecule has 1 rings (SSSR count). The Morgan fingerprint density at radius 3 is 2.68 bits per heavy atom. The monoisotopic (exact) mass is 269 g/mol. The summed E-state index contributed by atoms with van der Waals surface area (Å²) in [5.41, 5.74) is 5.02. The van der Waals surface area contributed by atoms with Crippen LogP contribution in [0, 0.1) is 5.82 Å². The summed E-state index contributed by atoms with van der Waals surface area (Å²) in [6.07, 6.45) is 1.41. The summed E-state index contributed by atoms with van der Waals surface area (Å²) >= 11 is 0. The minimum Gasteiger partial charge on any atom is -0.374 e. The molecule has 1 atom stereocenters. The molecule has 1 unspecified atom stereocenters. The van der Waals surface area contributed by atoms with Crippen LogP contribution in [0.1, 0.15) is 12.8 Å². The number of nitrogens with two attached hydrogens (primary N) is 1.